The van der Waals surface area contributed by atoms with Crippen molar-refractivity contribution in [3.63, 3.8) is 0 Å². The summed E-state index contributed by atoms with van der Waals surface area (Å²) in [6.45, 7) is 0.589. The molecule has 4 N–H and O–H groups in total. The molecule has 0 fully saturated rings. The first-order valence-electron chi connectivity index (χ1n) is 4.98. The van der Waals surface area contributed by atoms with Crippen molar-refractivity contribution in [1.82, 2.24) is 0 Å². The van der Waals surface area contributed by atoms with Crippen molar-refractivity contribution in [3.8, 4) is 5.75 Å². The lowest BCUT2D eigenvalue weighted by Crippen LogP contribution is -2.13. The Labute approximate surface area is 101 Å². The van der Waals surface area contributed by atoms with Crippen LogP contribution in [0.2, 0.25) is 0 Å². The van der Waals surface area contributed by atoms with Gasteiger partial charge in [-0.1, -0.05) is 0 Å². The molecule has 0 amide bonds. The highest BCUT2D eigenvalue weighted by Gasteiger charge is 2.12. The van der Waals surface area contributed by atoms with Crippen LogP contribution in [0, 0.1) is 5.82 Å². The van der Waals surface area contributed by atoms with Gasteiger partial charge in [0.1, 0.15) is 11.6 Å². The van der Waals surface area contributed by atoms with E-state index < -0.39 is 0 Å². The molecule has 0 saturated carbocycles. The van der Waals surface area contributed by atoms with E-state index in [0.717, 1.165) is 12.8 Å². The highest BCUT2D eigenvalue weighted by Crippen LogP contribution is 2.26. The highest BCUT2D eigenvalue weighted by atomic mass is 35.5. The summed E-state index contributed by atoms with van der Waals surface area (Å²) in [6, 6.07) is 4.14. The van der Waals surface area contributed by atoms with Gasteiger partial charge in [-0.3, -0.25) is 0 Å². The minimum atomic E-state index is -0.297. The van der Waals surface area contributed by atoms with E-state index in [0.29, 0.717) is 17.9 Å². The molecule has 0 radical (unpaired) electrons. The zero-order valence-corrected chi connectivity index (χ0v) is 10.1. The predicted octanol–water partition coefficient (Wildman–Crippen LogP) is 1.99. The second kappa shape index (κ2) is 7.44. The van der Waals surface area contributed by atoms with Crippen molar-refractivity contribution in [2.24, 2.45) is 11.5 Å². The monoisotopic (exact) mass is 248 g/mol. The Kier molecular flexibility index (Phi) is 7.05. The van der Waals surface area contributed by atoms with Gasteiger partial charge in [0.2, 0.25) is 0 Å². The molecular weight excluding hydrogens is 231 g/mol. The fourth-order valence-electron chi connectivity index (χ4n) is 1.49. The Balaban J connectivity index is 0.00000225. The van der Waals surface area contributed by atoms with Crippen molar-refractivity contribution >= 4 is 12.4 Å². The third-order valence-corrected chi connectivity index (χ3v) is 2.31. The number of hydrogen-bond donors (Lipinski definition) is 2. The molecule has 1 rings (SSSR count). The molecule has 0 aliphatic heterocycles. The van der Waals surface area contributed by atoms with Crippen LogP contribution in [0.4, 0.5) is 4.39 Å². The molecule has 3 nitrogen and oxygen atoms in total. The third kappa shape index (κ3) is 3.96. The largest absolute Gasteiger partial charge is 0.496 e. The minimum Gasteiger partial charge on any atom is -0.496 e. The lowest BCUT2D eigenvalue weighted by Gasteiger charge is -2.15. The molecule has 0 unspecified atom stereocenters. The molecule has 16 heavy (non-hydrogen) atoms. The van der Waals surface area contributed by atoms with Crippen molar-refractivity contribution < 1.29 is 9.13 Å². The Bertz CT molecular complexity index is 323. The molecule has 0 aliphatic rings. The van der Waals surface area contributed by atoms with Gasteiger partial charge >= 0.3 is 0 Å². The molecule has 92 valence electrons. The van der Waals surface area contributed by atoms with Crippen LogP contribution in [0.15, 0.2) is 18.2 Å². The summed E-state index contributed by atoms with van der Waals surface area (Å²) in [7, 11) is 1.55. The summed E-state index contributed by atoms with van der Waals surface area (Å²) in [5, 5.41) is 0. The Hall–Kier alpha value is -0.840. The maximum absolute atomic E-state index is 13.0. The molecule has 0 heterocycles. The lowest BCUT2D eigenvalue weighted by atomic mass is 10.0. The van der Waals surface area contributed by atoms with Gasteiger partial charge in [0.15, 0.2) is 0 Å². The van der Waals surface area contributed by atoms with Gasteiger partial charge in [-0.2, -0.15) is 0 Å². The van der Waals surface area contributed by atoms with Gasteiger partial charge in [-0.25, -0.2) is 4.39 Å². The highest BCUT2D eigenvalue weighted by molar-refractivity contribution is 5.85. The quantitative estimate of drug-likeness (QED) is 0.838. The van der Waals surface area contributed by atoms with Crippen LogP contribution >= 0.6 is 12.4 Å². The van der Waals surface area contributed by atoms with Gasteiger partial charge in [-0.05, 0) is 37.6 Å². The number of halogens is 2. The standard InChI is InChI=1S/C11H17FN2O.ClH/c1-15-11-5-4-8(12)7-9(11)10(14)3-2-6-13;/h4-5,7,10H,2-3,6,13-14H2,1H3;1H/t10-;/m1./s1. The third-order valence-electron chi connectivity index (χ3n) is 2.31. The van der Waals surface area contributed by atoms with Crippen molar-refractivity contribution in [1.29, 1.82) is 0 Å². The summed E-state index contributed by atoms with van der Waals surface area (Å²) in [5.74, 6) is 0.329. The molecule has 0 aromatic heterocycles. The number of benzene rings is 1. The second-order valence-corrected chi connectivity index (χ2v) is 3.42. The van der Waals surface area contributed by atoms with E-state index in [9.17, 15) is 4.39 Å². The molecule has 1 aromatic carbocycles. The fourth-order valence-corrected chi connectivity index (χ4v) is 1.49. The maximum atomic E-state index is 13.0. The van der Waals surface area contributed by atoms with Crippen LogP contribution in [0.25, 0.3) is 0 Å². The van der Waals surface area contributed by atoms with E-state index in [2.05, 4.69) is 0 Å². The number of rotatable bonds is 5. The second-order valence-electron chi connectivity index (χ2n) is 3.42. The number of nitrogens with two attached hydrogens (primary N) is 2. The zero-order valence-electron chi connectivity index (χ0n) is 9.28. The Morgan fingerprint density at radius 1 is 1.44 bits per heavy atom. The van der Waals surface area contributed by atoms with Crippen LogP contribution in [-0.4, -0.2) is 13.7 Å². The molecule has 0 saturated heterocycles. The Morgan fingerprint density at radius 3 is 2.69 bits per heavy atom. The fraction of sp³-hybridized carbons (Fsp3) is 0.455. The van der Waals surface area contributed by atoms with Crippen molar-refractivity contribution in [2.75, 3.05) is 13.7 Å². The van der Waals surface area contributed by atoms with Gasteiger partial charge in [-0.15, -0.1) is 12.4 Å². The number of methoxy groups -OCH3 is 1. The van der Waals surface area contributed by atoms with Crippen molar-refractivity contribution in [3.05, 3.63) is 29.6 Å². The average Bonchev–Trinajstić information content (AvgIpc) is 2.25. The molecule has 0 bridgehead atoms. The molecule has 5 heteroatoms. The maximum Gasteiger partial charge on any atom is 0.123 e. The van der Waals surface area contributed by atoms with E-state index in [4.69, 9.17) is 16.2 Å². The first kappa shape index (κ1) is 15.2. The topological polar surface area (TPSA) is 61.3 Å². The van der Waals surface area contributed by atoms with E-state index in [1.807, 2.05) is 0 Å². The molecule has 1 aromatic rings. The summed E-state index contributed by atoms with van der Waals surface area (Å²) in [6.07, 6.45) is 1.55. The van der Waals surface area contributed by atoms with Gasteiger partial charge < -0.3 is 16.2 Å². The van der Waals surface area contributed by atoms with Crippen LogP contribution in [0.3, 0.4) is 0 Å². The van der Waals surface area contributed by atoms with Gasteiger partial charge in [0.05, 0.1) is 7.11 Å². The van der Waals surface area contributed by atoms with E-state index >= 15 is 0 Å². The summed E-state index contributed by atoms with van der Waals surface area (Å²) >= 11 is 0. The van der Waals surface area contributed by atoms with Gasteiger partial charge in [0.25, 0.3) is 0 Å². The summed E-state index contributed by atoms with van der Waals surface area (Å²) in [5.41, 5.74) is 12.0. The zero-order chi connectivity index (χ0) is 11.3. The average molecular weight is 249 g/mol. The van der Waals surface area contributed by atoms with E-state index in [1.165, 1.54) is 12.1 Å². The molecular formula is C11H18ClFN2O. The minimum absolute atomic E-state index is 0. The number of hydrogen-bond acceptors (Lipinski definition) is 3. The molecule has 0 aliphatic carbocycles. The smallest absolute Gasteiger partial charge is 0.123 e. The van der Waals surface area contributed by atoms with Crippen LogP contribution in [0.5, 0.6) is 5.75 Å². The predicted molar refractivity (Wildman–Crippen MR) is 65.4 cm³/mol. The van der Waals surface area contributed by atoms with Crippen LogP contribution in [0.1, 0.15) is 24.4 Å². The van der Waals surface area contributed by atoms with Crippen LogP contribution < -0.4 is 16.2 Å². The summed E-state index contributed by atoms with van der Waals surface area (Å²) < 4.78 is 18.2. The van der Waals surface area contributed by atoms with E-state index in [1.54, 1.807) is 13.2 Å². The van der Waals surface area contributed by atoms with Gasteiger partial charge in [0, 0.05) is 11.6 Å². The van der Waals surface area contributed by atoms with Crippen molar-refractivity contribution in [2.45, 2.75) is 18.9 Å². The van der Waals surface area contributed by atoms with Crippen LogP contribution in [-0.2, 0) is 0 Å². The lowest BCUT2D eigenvalue weighted by molar-refractivity contribution is 0.402. The normalized spacial score (nSPS) is 11.8. The number of ether oxygens (including phenoxy) is 1. The Morgan fingerprint density at radius 2 is 2.12 bits per heavy atom. The first-order chi connectivity index (χ1) is 7.19. The molecule has 0 spiro atoms. The molecule has 1 atom stereocenters. The first-order valence-corrected chi connectivity index (χ1v) is 4.98. The summed E-state index contributed by atoms with van der Waals surface area (Å²) in [4.78, 5) is 0. The van der Waals surface area contributed by atoms with E-state index in [-0.39, 0.29) is 24.3 Å². The SMILES string of the molecule is COc1ccc(F)cc1[C@H](N)CCCN.Cl.